The second kappa shape index (κ2) is 8.83. The van der Waals surface area contributed by atoms with Crippen LogP contribution in [0.2, 0.25) is 5.28 Å². The van der Waals surface area contributed by atoms with Crippen molar-refractivity contribution in [3.8, 4) is 10.6 Å². The number of nitrogens with two attached hydrogens (primary N) is 1. The summed E-state index contributed by atoms with van der Waals surface area (Å²) in [5.74, 6) is 1.58. The van der Waals surface area contributed by atoms with E-state index in [1.165, 1.54) is 0 Å². The summed E-state index contributed by atoms with van der Waals surface area (Å²) in [5, 5.41) is 3.90. The molecule has 1 saturated heterocycles. The lowest BCUT2D eigenvalue weighted by Gasteiger charge is -2.34. The number of aryl methyl sites for hydroxylation is 1. The molecule has 5 rings (SSSR count). The highest BCUT2D eigenvalue weighted by atomic mass is 35.5. The molecule has 1 aliphatic heterocycles. The largest absolute Gasteiger partial charge is 0.383 e. The molecule has 1 aliphatic carbocycles. The van der Waals surface area contributed by atoms with Gasteiger partial charge >= 0.3 is 0 Å². The van der Waals surface area contributed by atoms with Crippen LogP contribution in [-0.4, -0.2) is 50.5 Å². The maximum atomic E-state index is 12.7. The van der Waals surface area contributed by atoms with Crippen molar-refractivity contribution in [1.82, 2.24) is 24.4 Å². The monoisotopic (exact) mass is 480 g/mol. The fourth-order valence-corrected chi connectivity index (χ4v) is 6.53. The fraction of sp³-hybridized carbons (Fsp3) is 0.591. The summed E-state index contributed by atoms with van der Waals surface area (Å²) in [7, 11) is 0. The number of fused-ring (bicyclic) bond motifs is 1. The van der Waals surface area contributed by atoms with Crippen molar-refractivity contribution in [3.63, 3.8) is 0 Å². The normalized spacial score (nSPS) is 23.0. The Hall–Kier alpha value is -1.84. The van der Waals surface area contributed by atoms with E-state index in [0.29, 0.717) is 23.7 Å². The van der Waals surface area contributed by atoms with Crippen molar-refractivity contribution < 1.29 is 8.78 Å². The van der Waals surface area contributed by atoms with E-state index in [1.54, 1.807) is 11.3 Å². The van der Waals surface area contributed by atoms with Crippen LogP contribution in [-0.2, 0) is 0 Å². The molecular weight excluding hydrogens is 454 g/mol. The molecule has 3 aromatic heterocycles. The summed E-state index contributed by atoms with van der Waals surface area (Å²) in [6.45, 7) is 3.42. The van der Waals surface area contributed by atoms with Crippen LogP contribution in [0.25, 0.3) is 21.6 Å². The third kappa shape index (κ3) is 4.22. The number of rotatable bonds is 5. The van der Waals surface area contributed by atoms with E-state index in [9.17, 15) is 8.78 Å². The summed E-state index contributed by atoms with van der Waals surface area (Å²) in [4.78, 5) is 15.3. The van der Waals surface area contributed by atoms with Gasteiger partial charge in [-0.25, -0.2) is 18.7 Å². The number of alkyl halides is 2. The first kappa shape index (κ1) is 22.0. The summed E-state index contributed by atoms with van der Waals surface area (Å²) >= 11 is 7.76. The number of anilines is 1. The van der Waals surface area contributed by atoms with Gasteiger partial charge in [0.2, 0.25) is 5.28 Å². The molecule has 0 spiro atoms. The third-order valence-corrected chi connectivity index (χ3v) is 8.22. The van der Waals surface area contributed by atoms with Gasteiger partial charge in [-0.05, 0) is 75.6 Å². The second-order valence-electron chi connectivity index (χ2n) is 9.08. The van der Waals surface area contributed by atoms with Gasteiger partial charge < -0.3 is 10.3 Å². The molecule has 2 aliphatic rings. The number of halogens is 3. The molecule has 10 heteroatoms. The van der Waals surface area contributed by atoms with Crippen molar-refractivity contribution in [1.29, 1.82) is 0 Å². The molecule has 0 amide bonds. The zero-order valence-electron chi connectivity index (χ0n) is 18.0. The SMILES string of the molecule is Cc1csc(-c2cn(C3CCC(C4CCN(CC(F)F)CC4)C3)c3nc(Cl)nc(N)c23)n1. The Morgan fingerprint density at radius 3 is 2.62 bits per heavy atom. The van der Waals surface area contributed by atoms with Gasteiger partial charge in [0.25, 0.3) is 6.43 Å². The maximum absolute atomic E-state index is 12.7. The Morgan fingerprint density at radius 2 is 1.94 bits per heavy atom. The van der Waals surface area contributed by atoms with Crippen LogP contribution < -0.4 is 5.73 Å². The number of nitrogens with zero attached hydrogens (tertiary/aromatic N) is 5. The van der Waals surface area contributed by atoms with E-state index in [-0.39, 0.29) is 11.8 Å². The average molecular weight is 481 g/mol. The van der Waals surface area contributed by atoms with Crippen molar-refractivity contribution in [2.75, 3.05) is 25.4 Å². The van der Waals surface area contributed by atoms with E-state index in [1.807, 2.05) is 17.2 Å². The molecule has 3 aromatic rings. The summed E-state index contributed by atoms with van der Waals surface area (Å²) in [5.41, 5.74) is 8.97. The first-order valence-corrected chi connectivity index (χ1v) is 12.4. The topological polar surface area (TPSA) is 72.9 Å². The molecule has 4 heterocycles. The van der Waals surface area contributed by atoms with E-state index in [0.717, 1.165) is 72.5 Å². The van der Waals surface area contributed by atoms with Crippen LogP contribution in [0, 0.1) is 18.8 Å². The highest BCUT2D eigenvalue weighted by Crippen LogP contribution is 2.45. The minimum Gasteiger partial charge on any atom is -0.383 e. The van der Waals surface area contributed by atoms with Gasteiger partial charge in [-0.15, -0.1) is 11.3 Å². The predicted octanol–water partition coefficient (Wildman–Crippen LogP) is 5.42. The van der Waals surface area contributed by atoms with Gasteiger partial charge in [-0.1, -0.05) is 0 Å². The number of hydrogen-bond donors (Lipinski definition) is 1. The maximum Gasteiger partial charge on any atom is 0.251 e. The van der Waals surface area contributed by atoms with Gasteiger partial charge in [0.1, 0.15) is 16.5 Å². The first-order valence-electron chi connectivity index (χ1n) is 11.2. The molecule has 2 unspecified atom stereocenters. The van der Waals surface area contributed by atoms with Crippen LogP contribution in [0.3, 0.4) is 0 Å². The lowest BCUT2D eigenvalue weighted by Crippen LogP contribution is -2.38. The molecule has 2 atom stereocenters. The Bertz CT molecular complexity index is 1110. The van der Waals surface area contributed by atoms with Crippen LogP contribution in [0.5, 0.6) is 0 Å². The van der Waals surface area contributed by atoms with Crippen LogP contribution in [0.4, 0.5) is 14.6 Å². The van der Waals surface area contributed by atoms with Crippen molar-refractivity contribution in [3.05, 3.63) is 22.6 Å². The minimum absolute atomic E-state index is 0.101. The Kier molecular flexibility index (Phi) is 6.07. The van der Waals surface area contributed by atoms with Crippen LogP contribution in [0.15, 0.2) is 11.6 Å². The number of aromatic nitrogens is 4. The van der Waals surface area contributed by atoms with Gasteiger partial charge in [0.15, 0.2) is 0 Å². The van der Waals surface area contributed by atoms with E-state index >= 15 is 0 Å². The van der Waals surface area contributed by atoms with Crippen molar-refractivity contribution in [2.45, 2.75) is 51.5 Å². The molecule has 32 heavy (non-hydrogen) atoms. The summed E-state index contributed by atoms with van der Waals surface area (Å²) in [6, 6.07) is 0.307. The van der Waals surface area contributed by atoms with E-state index in [2.05, 4.69) is 25.7 Å². The Morgan fingerprint density at radius 1 is 1.16 bits per heavy atom. The smallest absolute Gasteiger partial charge is 0.251 e. The van der Waals surface area contributed by atoms with Gasteiger partial charge in [-0.2, -0.15) is 4.98 Å². The second-order valence-corrected chi connectivity index (χ2v) is 10.3. The molecule has 0 aromatic carbocycles. The number of hydrogen-bond acceptors (Lipinski definition) is 6. The molecule has 6 nitrogen and oxygen atoms in total. The zero-order valence-corrected chi connectivity index (χ0v) is 19.5. The zero-order chi connectivity index (χ0) is 22.4. The Labute approximate surface area is 194 Å². The van der Waals surface area contributed by atoms with Crippen LogP contribution >= 0.6 is 22.9 Å². The highest BCUT2D eigenvalue weighted by Gasteiger charge is 2.35. The fourth-order valence-electron chi connectivity index (χ4n) is 5.54. The van der Waals surface area contributed by atoms with Gasteiger partial charge in [-0.3, -0.25) is 4.90 Å². The number of piperidine rings is 1. The number of likely N-dealkylation sites (tertiary alicyclic amines) is 1. The number of nitrogen functional groups attached to an aromatic ring is 1. The van der Waals surface area contributed by atoms with Gasteiger partial charge in [0, 0.05) is 28.9 Å². The highest BCUT2D eigenvalue weighted by molar-refractivity contribution is 7.13. The molecule has 1 saturated carbocycles. The van der Waals surface area contributed by atoms with Crippen molar-refractivity contribution in [2.24, 2.45) is 11.8 Å². The first-order chi connectivity index (χ1) is 15.4. The Balaban J connectivity index is 1.39. The molecule has 2 fully saturated rings. The molecule has 0 bridgehead atoms. The van der Waals surface area contributed by atoms with Crippen LogP contribution in [0.1, 0.15) is 43.8 Å². The van der Waals surface area contributed by atoms with Gasteiger partial charge in [0.05, 0.1) is 11.9 Å². The molecule has 2 N–H and O–H groups in total. The minimum atomic E-state index is -2.25. The van der Waals surface area contributed by atoms with Crippen molar-refractivity contribution >= 4 is 39.8 Å². The third-order valence-electron chi connectivity index (χ3n) is 7.06. The average Bonchev–Trinajstić information content (AvgIpc) is 3.46. The molecular formula is C22H27ClF2N6S. The molecule has 172 valence electrons. The standard InChI is InChI=1S/C22H27ClF2N6S/c1-12-11-32-21(27-12)16-9-31(20-18(16)19(26)28-22(23)29-20)15-3-2-14(8-15)13-4-6-30(7-5-13)10-17(24)25/h9,11,13-15,17H,2-8,10H2,1H3,(H2,26,28,29). The summed E-state index contributed by atoms with van der Waals surface area (Å²) < 4.78 is 27.6. The van der Waals surface area contributed by atoms with E-state index < -0.39 is 6.43 Å². The summed E-state index contributed by atoms with van der Waals surface area (Å²) in [6.07, 6.45) is 5.13. The molecule has 0 radical (unpaired) electrons. The predicted molar refractivity (Wildman–Crippen MR) is 124 cm³/mol. The quantitative estimate of drug-likeness (QED) is 0.494. The van der Waals surface area contributed by atoms with E-state index in [4.69, 9.17) is 17.3 Å². The number of thiazole rings is 1. The lowest BCUT2D eigenvalue weighted by molar-refractivity contribution is 0.0609. The lowest BCUT2D eigenvalue weighted by atomic mass is 9.83.